The quantitative estimate of drug-likeness (QED) is 0.385. The van der Waals surface area contributed by atoms with Crippen LogP contribution in [0.2, 0.25) is 0 Å². The van der Waals surface area contributed by atoms with Crippen LogP contribution in [0.25, 0.3) is 0 Å². The minimum Gasteiger partial charge on any atom is -0.355 e. The van der Waals surface area contributed by atoms with E-state index in [1.54, 1.807) is 7.05 Å². The molecule has 1 aliphatic carbocycles. The first-order valence-corrected chi connectivity index (χ1v) is 10.2. The van der Waals surface area contributed by atoms with Crippen molar-refractivity contribution in [1.29, 1.82) is 0 Å². The minimum absolute atomic E-state index is 0.204. The van der Waals surface area contributed by atoms with Crippen LogP contribution in [-0.4, -0.2) is 47.8 Å². The summed E-state index contributed by atoms with van der Waals surface area (Å²) in [7, 11) is 3.75. The molecular weight excluding hydrogens is 340 g/mol. The molecule has 1 heterocycles. The summed E-state index contributed by atoms with van der Waals surface area (Å²) >= 11 is 0. The standard InChI is InChI=1S/C20H36N6O/c1-14(13-18-15(2)25-26(5)16(18)3)24-20(21-4)23-12-11-22-19(27)17-9-7-6-8-10-17/h14,17H,6-13H2,1-5H3,(H,22,27)(H2,21,23,24). The van der Waals surface area contributed by atoms with Crippen LogP contribution >= 0.6 is 0 Å². The van der Waals surface area contributed by atoms with Crippen LogP contribution in [0.1, 0.15) is 56.0 Å². The van der Waals surface area contributed by atoms with Gasteiger partial charge in [-0.3, -0.25) is 14.5 Å². The lowest BCUT2D eigenvalue weighted by Gasteiger charge is -2.21. The topological polar surface area (TPSA) is 83.3 Å². The van der Waals surface area contributed by atoms with Crippen LogP contribution in [0.3, 0.4) is 0 Å². The Morgan fingerprint density at radius 3 is 2.48 bits per heavy atom. The maximum Gasteiger partial charge on any atom is 0.223 e. The molecule has 0 aromatic carbocycles. The average molecular weight is 377 g/mol. The van der Waals surface area contributed by atoms with E-state index in [0.717, 1.165) is 30.9 Å². The lowest BCUT2D eigenvalue weighted by molar-refractivity contribution is -0.125. The van der Waals surface area contributed by atoms with E-state index in [9.17, 15) is 4.79 Å². The Morgan fingerprint density at radius 2 is 1.89 bits per heavy atom. The largest absolute Gasteiger partial charge is 0.355 e. The molecule has 1 aromatic heterocycles. The van der Waals surface area contributed by atoms with Gasteiger partial charge in [-0.05, 0) is 45.6 Å². The number of aliphatic imine (C=N–C) groups is 1. The van der Waals surface area contributed by atoms with Crippen molar-refractivity contribution in [3.05, 3.63) is 17.0 Å². The third kappa shape index (κ3) is 6.26. The first-order chi connectivity index (χ1) is 12.9. The second-order valence-electron chi connectivity index (χ2n) is 7.65. The highest BCUT2D eigenvalue weighted by molar-refractivity contribution is 5.80. The van der Waals surface area contributed by atoms with Crippen molar-refractivity contribution in [3.63, 3.8) is 0 Å². The number of rotatable bonds is 7. The smallest absolute Gasteiger partial charge is 0.223 e. The minimum atomic E-state index is 0.204. The molecule has 1 fully saturated rings. The number of nitrogens with zero attached hydrogens (tertiary/aromatic N) is 3. The second-order valence-corrected chi connectivity index (χ2v) is 7.65. The molecule has 27 heavy (non-hydrogen) atoms. The highest BCUT2D eigenvalue weighted by atomic mass is 16.1. The molecular formula is C20H36N6O. The van der Waals surface area contributed by atoms with Crippen LogP contribution < -0.4 is 16.0 Å². The normalized spacial score (nSPS) is 16.9. The fraction of sp³-hybridized carbons (Fsp3) is 0.750. The Balaban J connectivity index is 1.71. The van der Waals surface area contributed by atoms with Crippen LogP contribution in [0.15, 0.2) is 4.99 Å². The molecule has 152 valence electrons. The zero-order valence-electron chi connectivity index (χ0n) is 17.6. The number of guanidine groups is 1. The molecule has 7 nitrogen and oxygen atoms in total. The number of carbonyl (C=O) groups excluding carboxylic acids is 1. The number of aromatic nitrogens is 2. The van der Waals surface area contributed by atoms with Gasteiger partial charge in [0, 0.05) is 44.8 Å². The van der Waals surface area contributed by atoms with Crippen molar-refractivity contribution in [3.8, 4) is 0 Å². The van der Waals surface area contributed by atoms with E-state index in [1.165, 1.54) is 30.5 Å². The SMILES string of the molecule is CN=C(NCCNC(=O)C1CCCCC1)NC(C)Cc1c(C)nn(C)c1C. The van der Waals surface area contributed by atoms with Gasteiger partial charge in [0.15, 0.2) is 5.96 Å². The molecule has 1 amide bonds. The fourth-order valence-electron chi connectivity index (χ4n) is 3.77. The zero-order valence-corrected chi connectivity index (χ0v) is 17.6. The number of amides is 1. The molecule has 0 saturated heterocycles. The molecule has 1 atom stereocenters. The zero-order chi connectivity index (χ0) is 19.8. The van der Waals surface area contributed by atoms with Crippen molar-refractivity contribution in [2.45, 2.75) is 65.3 Å². The molecule has 1 aliphatic rings. The van der Waals surface area contributed by atoms with Crippen LogP contribution in [0, 0.1) is 19.8 Å². The summed E-state index contributed by atoms with van der Waals surface area (Å²) in [6.45, 7) is 7.58. The molecule has 0 spiro atoms. The molecule has 1 unspecified atom stereocenters. The Hall–Kier alpha value is -2.05. The van der Waals surface area contributed by atoms with Gasteiger partial charge >= 0.3 is 0 Å². The first-order valence-electron chi connectivity index (χ1n) is 10.2. The van der Waals surface area contributed by atoms with E-state index in [4.69, 9.17) is 0 Å². The van der Waals surface area contributed by atoms with Crippen molar-refractivity contribution >= 4 is 11.9 Å². The highest BCUT2D eigenvalue weighted by Gasteiger charge is 2.20. The summed E-state index contributed by atoms with van der Waals surface area (Å²) < 4.78 is 1.93. The molecule has 0 radical (unpaired) electrons. The summed E-state index contributed by atoms with van der Waals surface area (Å²) in [5.41, 5.74) is 3.57. The van der Waals surface area contributed by atoms with Gasteiger partial charge in [-0.1, -0.05) is 19.3 Å². The summed E-state index contributed by atoms with van der Waals surface area (Å²) in [5, 5.41) is 14.2. The molecule has 0 aliphatic heterocycles. The third-order valence-corrected chi connectivity index (χ3v) is 5.47. The first kappa shape index (κ1) is 21.3. The average Bonchev–Trinajstić information content (AvgIpc) is 2.90. The van der Waals surface area contributed by atoms with E-state index < -0.39 is 0 Å². The van der Waals surface area contributed by atoms with E-state index in [2.05, 4.69) is 46.8 Å². The van der Waals surface area contributed by atoms with Gasteiger partial charge < -0.3 is 16.0 Å². The predicted octanol–water partition coefficient (Wildman–Crippen LogP) is 1.83. The van der Waals surface area contributed by atoms with Gasteiger partial charge in [0.1, 0.15) is 0 Å². The maximum absolute atomic E-state index is 12.2. The van der Waals surface area contributed by atoms with E-state index in [0.29, 0.717) is 13.1 Å². The molecule has 3 N–H and O–H groups in total. The molecule has 2 rings (SSSR count). The third-order valence-electron chi connectivity index (χ3n) is 5.47. The molecule has 7 heteroatoms. The van der Waals surface area contributed by atoms with Crippen molar-refractivity contribution in [2.24, 2.45) is 18.0 Å². The fourth-order valence-corrected chi connectivity index (χ4v) is 3.77. The monoisotopic (exact) mass is 376 g/mol. The Kier molecular flexibility index (Phi) is 8.13. The highest BCUT2D eigenvalue weighted by Crippen LogP contribution is 2.23. The number of nitrogens with one attached hydrogen (secondary N) is 3. The summed E-state index contributed by atoms with van der Waals surface area (Å²) in [6.07, 6.45) is 6.59. The Bertz CT molecular complexity index is 645. The Labute approximate surface area is 163 Å². The maximum atomic E-state index is 12.2. The Morgan fingerprint density at radius 1 is 1.22 bits per heavy atom. The van der Waals surface area contributed by atoms with E-state index in [1.807, 2.05) is 11.7 Å². The second kappa shape index (κ2) is 10.3. The van der Waals surface area contributed by atoms with Crippen LogP contribution in [0.5, 0.6) is 0 Å². The van der Waals surface area contributed by atoms with Crippen molar-refractivity contribution in [2.75, 3.05) is 20.1 Å². The van der Waals surface area contributed by atoms with Gasteiger partial charge in [-0.25, -0.2) is 0 Å². The van der Waals surface area contributed by atoms with E-state index >= 15 is 0 Å². The van der Waals surface area contributed by atoms with E-state index in [-0.39, 0.29) is 17.9 Å². The van der Waals surface area contributed by atoms with Gasteiger partial charge in [-0.2, -0.15) is 5.10 Å². The van der Waals surface area contributed by atoms with Crippen LogP contribution in [0.4, 0.5) is 0 Å². The van der Waals surface area contributed by atoms with Gasteiger partial charge in [0.2, 0.25) is 5.91 Å². The lowest BCUT2D eigenvalue weighted by Crippen LogP contribution is -2.46. The van der Waals surface area contributed by atoms with Gasteiger partial charge in [-0.15, -0.1) is 0 Å². The summed E-state index contributed by atoms with van der Waals surface area (Å²) in [4.78, 5) is 16.5. The number of hydrogen-bond donors (Lipinski definition) is 3. The van der Waals surface area contributed by atoms with Crippen molar-refractivity contribution < 1.29 is 4.79 Å². The van der Waals surface area contributed by atoms with Crippen LogP contribution in [-0.2, 0) is 18.3 Å². The summed E-state index contributed by atoms with van der Waals surface area (Å²) in [6, 6.07) is 0.231. The number of aryl methyl sites for hydroxylation is 2. The summed E-state index contributed by atoms with van der Waals surface area (Å²) in [5.74, 6) is 1.17. The predicted molar refractivity (Wildman–Crippen MR) is 110 cm³/mol. The van der Waals surface area contributed by atoms with Crippen molar-refractivity contribution in [1.82, 2.24) is 25.7 Å². The molecule has 1 saturated carbocycles. The molecule has 0 bridgehead atoms. The lowest BCUT2D eigenvalue weighted by atomic mass is 9.89. The number of carbonyl (C=O) groups is 1. The molecule has 1 aromatic rings. The van der Waals surface area contributed by atoms with Gasteiger partial charge in [0.25, 0.3) is 0 Å². The van der Waals surface area contributed by atoms with Gasteiger partial charge in [0.05, 0.1) is 5.69 Å². The number of hydrogen-bond acceptors (Lipinski definition) is 3.